The number of methoxy groups -OCH3 is 1. The predicted octanol–water partition coefficient (Wildman–Crippen LogP) is 3.57. The van der Waals surface area contributed by atoms with Gasteiger partial charge in [0, 0.05) is 0 Å². The van der Waals surface area contributed by atoms with Crippen molar-refractivity contribution in [2.75, 3.05) is 7.11 Å². The number of rotatable bonds is 7. The van der Waals surface area contributed by atoms with Gasteiger partial charge in [0.05, 0.1) is 13.0 Å². The van der Waals surface area contributed by atoms with Gasteiger partial charge in [-0.15, -0.1) is 0 Å². The molecule has 2 aromatic carbocycles. The van der Waals surface area contributed by atoms with Crippen molar-refractivity contribution in [1.82, 2.24) is 0 Å². The van der Waals surface area contributed by atoms with Crippen molar-refractivity contribution in [1.29, 1.82) is 0 Å². The average molecular weight is 284 g/mol. The first-order valence-electron chi connectivity index (χ1n) is 7.08. The third-order valence-electron chi connectivity index (χ3n) is 3.59. The molecule has 1 unspecified atom stereocenters. The summed E-state index contributed by atoms with van der Waals surface area (Å²) in [6.45, 7) is 0. The summed E-state index contributed by atoms with van der Waals surface area (Å²) in [4.78, 5) is 11.4. The monoisotopic (exact) mass is 284 g/mol. The minimum atomic E-state index is -0.742. The average Bonchev–Trinajstić information content (AvgIpc) is 2.52. The fourth-order valence-corrected chi connectivity index (χ4v) is 2.38. The fourth-order valence-electron chi connectivity index (χ4n) is 2.38. The van der Waals surface area contributed by atoms with Gasteiger partial charge in [0.2, 0.25) is 0 Å². The first kappa shape index (κ1) is 15.1. The van der Waals surface area contributed by atoms with Gasteiger partial charge in [-0.05, 0) is 42.5 Å². The van der Waals surface area contributed by atoms with E-state index < -0.39 is 5.97 Å². The number of benzene rings is 2. The van der Waals surface area contributed by atoms with Gasteiger partial charge in [-0.1, -0.05) is 42.5 Å². The molecule has 1 atom stereocenters. The number of carboxylic acid groups (broad SMARTS) is 1. The lowest BCUT2D eigenvalue weighted by atomic mass is 9.93. The summed E-state index contributed by atoms with van der Waals surface area (Å²) >= 11 is 0. The van der Waals surface area contributed by atoms with E-state index in [-0.39, 0.29) is 5.92 Å². The molecule has 0 radical (unpaired) electrons. The van der Waals surface area contributed by atoms with Crippen molar-refractivity contribution < 1.29 is 14.6 Å². The van der Waals surface area contributed by atoms with E-state index in [0.717, 1.165) is 17.7 Å². The van der Waals surface area contributed by atoms with Crippen molar-refractivity contribution in [2.24, 2.45) is 5.92 Å². The molecule has 2 aromatic rings. The molecule has 3 nitrogen and oxygen atoms in total. The Morgan fingerprint density at radius 2 is 1.81 bits per heavy atom. The first-order valence-corrected chi connectivity index (χ1v) is 7.08. The summed E-state index contributed by atoms with van der Waals surface area (Å²) < 4.78 is 5.18. The summed E-state index contributed by atoms with van der Waals surface area (Å²) in [6, 6.07) is 17.6. The topological polar surface area (TPSA) is 46.5 Å². The molecule has 1 N–H and O–H groups in total. The maximum atomic E-state index is 11.4. The molecule has 2 rings (SSSR count). The van der Waals surface area contributed by atoms with Gasteiger partial charge < -0.3 is 9.84 Å². The van der Waals surface area contributed by atoms with Crippen molar-refractivity contribution in [3.63, 3.8) is 0 Å². The highest BCUT2D eigenvalue weighted by molar-refractivity contribution is 5.70. The van der Waals surface area contributed by atoms with Crippen LogP contribution in [-0.2, 0) is 17.6 Å². The van der Waals surface area contributed by atoms with Gasteiger partial charge in [-0.25, -0.2) is 0 Å². The second-order valence-electron chi connectivity index (χ2n) is 5.12. The van der Waals surface area contributed by atoms with Crippen LogP contribution >= 0.6 is 0 Å². The van der Waals surface area contributed by atoms with Crippen LogP contribution in [0.5, 0.6) is 5.75 Å². The molecule has 0 aliphatic rings. The van der Waals surface area contributed by atoms with Crippen molar-refractivity contribution in [3.05, 3.63) is 65.7 Å². The second-order valence-corrected chi connectivity index (χ2v) is 5.12. The molecule has 0 fully saturated rings. The van der Waals surface area contributed by atoms with E-state index in [9.17, 15) is 9.90 Å². The van der Waals surface area contributed by atoms with Crippen LogP contribution in [0.1, 0.15) is 17.5 Å². The van der Waals surface area contributed by atoms with Gasteiger partial charge in [-0.3, -0.25) is 4.79 Å². The van der Waals surface area contributed by atoms with Crippen LogP contribution < -0.4 is 4.74 Å². The predicted molar refractivity (Wildman–Crippen MR) is 82.6 cm³/mol. The third-order valence-corrected chi connectivity index (χ3v) is 3.59. The fraction of sp³-hybridized carbons (Fsp3) is 0.278. The summed E-state index contributed by atoms with van der Waals surface area (Å²) in [5.74, 6) is -0.356. The van der Waals surface area contributed by atoms with Crippen LogP contribution in [0, 0.1) is 5.92 Å². The van der Waals surface area contributed by atoms with E-state index in [4.69, 9.17) is 4.74 Å². The number of ether oxygens (including phenoxy) is 1. The second kappa shape index (κ2) is 7.48. The Balaban J connectivity index is 2.00. The zero-order valence-electron chi connectivity index (χ0n) is 12.2. The third kappa shape index (κ3) is 4.63. The molecule has 0 saturated heterocycles. The highest BCUT2D eigenvalue weighted by Crippen LogP contribution is 2.19. The van der Waals surface area contributed by atoms with Crippen molar-refractivity contribution in [3.8, 4) is 5.75 Å². The molecule has 110 valence electrons. The summed E-state index contributed by atoms with van der Waals surface area (Å²) in [6.07, 6.45) is 1.94. The Kier molecular flexibility index (Phi) is 5.38. The number of aryl methyl sites for hydroxylation is 1. The Bertz CT molecular complexity index is 578. The van der Waals surface area contributed by atoms with Gasteiger partial charge in [0.1, 0.15) is 5.75 Å². The number of aliphatic carboxylic acids is 1. The Morgan fingerprint density at radius 1 is 1.10 bits per heavy atom. The van der Waals surface area contributed by atoms with Gasteiger partial charge in [0.15, 0.2) is 0 Å². The number of hydrogen-bond acceptors (Lipinski definition) is 2. The van der Waals surface area contributed by atoms with E-state index in [1.54, 1.807) is 7.11 Å². The van der Waals surface area contributed by atoms with Crippen LogP contribution in [0.15, 0.2) is 54.6 Å². The van der Waals surface area contributed by atoms with E-state index in [1.165, 1.54) is 5.56 Å². The van der Waals surface area contributed by atoms with Gasteiger partial charge in [-0.2, -0.15) is 0 Å². The molecule has 0 saturated carbocycles. The van der Waals surface area contributed by atoms with Gasteiger partial charge in [0.25, 0.3) is 0 Å². The quantitative estimate of drug-likeness (QED) is 0.845. The Labute approximate surface area is 125 Å². The minimum absolute atomic E-state index is 0.377. The van der Waals surface area contributed by atoms with E-state index in [1.807, 2.05) is 54.6 Å². The van der Waals surface area contributed by atoms with Crippen LogP contribution in [0.2, 0.25) is 0 Å². The zero-order valence-corrected chi connectivity index (χ0v) is 12.2. The molecule has 0 heterocycles. The molecule has 0 aliphatic carbocycles. The lowest BCUT2D eigenvalue weighted by Crippen LogP contribution is -2.17. The Morgan fingerprint density at radius 3 is 2.48 bits per heavy atom. The van der Waals surface area contributed by atoms with Crippen LogP contribution in [0.25, 0.3) is 0 Å². The smallest absolute Gasteiger partial charge is 0.306 e. The van der Waals surface area contributed by atoms with Crippen molar-refractivity contribution >= 4 is 5.97 Å². The number of hydrogen-bond donors (Lipinski definition) is 1. The summed E-state index contributed by atoms with van der Waals surface area (Å²) in [5.41, 5.74) is 2.17. The highest BCUT2D eigenvalue weighted by Gasteiger charge is 2.18. The van der Waals surface area contributed by atoms with Crippen LogP contribution in [-0.4, -0.2) is 18.2 Å². The standard InChI is InChI=1S/C18H20O3/c1-21-17-9-5-8-15(13-17)12-16(18(19)20)11-10-14-6-3-2-4-7-14/h2-9,13,16H,10-12H2,1H3,(H,19,20). The minimum Gasteiger partial charge on any atom is -0.497 e. The molecule has 0 aromatic heterocycles. The summed E-state index contributed by atoms with van der Waals surface area (Å²) in [5, 5.41) is 9.41. The maximum Gasteiger partial charge on any atom is 0.306 e. The molecular weight excluding hydrogens is 264 g/mol. The molecule has 21 heavy (non-hydrogen) atoms. The largest absolute Gasteiger partial charge is 0.497 e. The van der Waals surface area contributed by atoms with Crippen LogP contribution in [0.3, 0.4) is 0 Å². The molecule has 0 amide bonds. The molecule has 3 heteroatoms. The van der Waals surface area contributed by atoms with Gasteiger partial charge >= 0.3 is 5.97 Å². The van der Waals surface area contributed by atoms with Crippen molar-refractivity contribution in [2.45, 2.75) is 19.3 Å². The van der Waals surface area contributed by atoms with Crippen LogP contribution in [0.4, 0.5) is 0 Å². The molecular formula is C18H20O3. The molecule has 0 bridgehead atoms. The zero-order chi connectivity index (χ0) is 15.1. The number of carboxylic acids is 1. The Hall–Kier alpha value is -2.29. The van der Waals surface area contributed by atoms with E-state index >= 15 is 0 Å². The highest BCUT2D eigenvalue weighted by atomic mass is 16.5. The van der Waals surface area contributed by atoms with E-state index in [2.05, 4.69) is 0 Å². The summed E-state index contributed by atoms with van der Waals surface area (Å²) in [7, 11) is 1.61. The molecule has 0 aliphatic heterocycles. The first-order chi connectivity index (χ1) is 10.2. The number of carbonyl (C=O) groups is 1. The lowest BCUT2D eigenvalue weighted by Gasteiger charge is -2.13. The lowest BCUT2D eigenvalue weighted by molar-refractivity contribution is -0.141. The normalized spacial score (nSPS) is 11.9. The maximum absolute atomic E-state index is 11.4. The molecule has 0 spiro atoms. The SMILES string of the molecule is COc1cccc(CC(CCc2ccccc2)C(=O)O)c1. The van der Waals surface area contributed by atoms with E-state index in [0.29, 0.717) is 12.8 Å².